The van der Waals surface area contributed by atoms with Crippen molar-refractivity contribution in [2.75, 3.05) is 14.2 Å². The second-order valence-electron chi connectivity index (χ2n) is 10.1. The molecule has 0 radical (unpaired) electrons. The molecule has 4 aromatic rings. The number of hydrogen-bond donors (Lipinski definition) is 2. The molecule has 40 heavy (non-hydrogen) atoms. The van der Waals surface area contributed by atoms with Gasteiger partial charge >= 0.3 is 0 Å². The van der Waals surface area contributed by atoms with Crippen LogP contribution in [-0.2, 0) is 10.3 Å². The highest BCUT2D eigenvalue weighted by Gasteiger charge is 2.47. The summed E-state index contributed by atoms with van der Waals surface area (Å²) >= 11 is 0. The molecule has 7 nitrogen and oxygen atoms in total. The second-order valence-corrected chi connectivity index (χ2v) is 10.1. The molecule has 3 aromatic carbocycles. The SMILES string of the molecule is CNC(=O)C1c2cc(-c3cc(C(=O)NC4(c5ccccn5)CC4)ccc3OC)ccc2OC1c1ccc(F)cc1. The van der Waals surface area contributed by atoms with E-state index in [1.807, 2.05) is 36.4 Å². The lowest BCUT2D eigenvalue weighted by Crippen LogP contribution is -2.35. The molecule has 2 amide bonds. The number of rotatable bonds is 7. The number of likely N-dealkylation sites (N-methyl/N-ethyl adjacent to an activating group) is 1. The zero-order chi connectivity index (χ0) is 27.9. The highest BCUT2D eigenvalue weighted by Crippen LogP contribution is 2.48. The van der Waals surface area contributed by atoms with E-state index in [9.17, 15) is 14.0 Å². The van der Waals surface area contributed by atoms with Crippen LogP contribution in [0.3, 0.4) is 0 Å². The number of nitrogens with zero attached hydrogens (tertiary/aromatic N) is 1. The molecule has 8 heteroatoms. The van der Waals surface area contributed by atoms with Gasteiger partial charge in [0.1, 0.15) is 29.3 Å². The molecule has 6 rings (SSSR count). The van der Waals surface area contributed by atoms with Crippen LogP contribution in [-0.4, -0.2) is 31.0 Å². The van der Waals surface area contributed by atoms with Crippen molar-refractivity contribution in [1.29, 1.82) is 0 Å². The van der Waals surface area contributed by atoms with Gasteiger partial charge in [-0.2, -0.15) is 0 Å². The third kappa shape index (κ3) is 4.55. The van der Waals surface area contributed by atoms with E-state index in [0.717, 1.165) is 24.1 Å². The predicted octanol–water partition coefficient (Wildman–Crippen LogP) is 5.28. The molecule has 2 aliphatic rings. The van der Waals surface area contributed by atoms with Crippen LogP contribution in [0, 0.1) is 5.82 Å². The van der Waals surface area contributed by atoms with Gasteiger partial charge in [0.25, 0.3) is 5.91 Å². The minimum Gasteiger partial charge on any atom is -0.496 e. The Kier molecular flexibility index (Phi) is 6.46. The number of fused-ring (bicyclic) bond motifs is 1. The number of carbonyl (C=O) groups is 2. The average Bonchev–Trinajstić information content (AvgIpc) is 3.68. The van der Waals surface area contributed by atoms with Gasteiger partial charge in [0.2, 0.25) is 5.91 Å². The number of methoxy groups -OCH3 is 1. The lowest BCUT2D eigenvalue weighted by Gasteiger charge is -2.19. The zero-order valence-electron chi connectivity index (χ0n) is 22.1. The Bertz CT molecular complexity index is 1590. The molecule has 1 fully saturated rings. The first-order valence-corrected chi connectivity index (χ1v) is 13.1. The summed E-state index contributed by atoms with van der Waals surface area (Å²) < 4.78 is 25.4. The number of ether oxygens (including phenoxy) is 2. The van der Waals surface area contributed by atoms with E-state index < -0.39 is 17.6 Å². The van der Waals surface area contributed by atoms with Crippen molar-refractivity contribution in [2.24, 2.45) is 0 Å². The Morgan fingerprint density at radius 1 is 1.02 bits per heavy atom. The molecule has 202 valence electrons. The van der Waals surface area contributed by atoms with Gasteiger partial charge in [-0.3, -0.25) is 14.6 Å². The van der Waals surface area contributed by atoms with Crippen LogP contribution in [0.25, 0.3) is 11.1 Å². The van der Waals surface area contributed by atoms with Gasteiger partial charge in [0.15, 0.2) is 0 Å². The molecule has 1 saturated carbocycles. The number of nitrogens with one attached hydrogen (secondary N) is 2. The van der Waals surface area contributed by atoms with E-state index in [2.05, 4.69) is 15.6 Å². The van der Waals surface area contributed by atoms with E-state index >= 15 is 0 Å². The van der Waals surface area contributed by atoms with E-state index in [4.69, 9.17) is 9.47 Å². The zero-order valence-corrected chi connectivity index (χ0v) is 22.1. The molecular weight excluding hydrogens is 509 g/mol. The van der Waals surface area contributed by atoms with E-state index in [0.29, 0.717) is 33.8 Å². The quantitative estimate of drug-likeness (QED) is 0.335. The fourth-order valence-electron chi connectivity index (χ4n) is 5.36. The van der Waals surface area contributed by atoms with Crippen molar-refractivity contribution in [2.45, 2.75) is 30.4 Å². The maximum atomic E-state index is 13.6. The fourth-order valence-corrected chi connectivity index (χ4v) is 5.36. The van der Waals surface area contributed by atoms with Gasteiger partial charge in [0.05, 0.1) is 18.3 Å². The summed E-state index contributed by atoms with van der Waals surface area (Å²) in [4.78, 5) is 30.9. The van der Waals surface area contributed by atoms with Crippen molar-refractivity contribution in [3.63, 3.8) is 0 Å². The average molecular weight is 538 g/mol. The molecule has 1 aliphatic heterocycles. The third-order valence-electron chi connectivity index (χ3n) is 7.66. The smallest absolute Gasteiger partial charge is 0.252 e. The Labute approximate surface area is 231 Å². The summed E-state index contributed by atoms with van der Waals surface area (Å²) in [6, 6.07) is 22.6. The Morgan fingerprint density at radius 2 is 1.82 bits per heavy atom. The minimum atomic E-state index is -0.643. The Balaban J connectivity index is 1.34. The monoisotopic (exact) mass is 537 g/mol. The van der Waals surface area contributed by atoms with Crippen LogP contribution in [0.4, 0.5) is 4.39 Å². The second kappa shape index (κ2) is 10.1. The molecule has 0 saturated heterocycles. The number of carbonyl (C=O) groups excluding carboxylic acids is 2. The van der Waals surface area contributed by atoms with Crippen LogP contribution >= 0.6 is 0 Å². The highest BCUT2D eigenvalue weighted by molar-refractivity contribution is 5.97. The van der Waals surface area contributed by atoms with Crippen LogP contribution in [0.5, 0.6) is 11.5 Å². The van der Waals surface area contributed by atoms with Crippen molar-refractivity contribution < 1.29 is 23.5 Å². The van der Waals surface area contributed by atoms with Gasteiger partial charge in [-0.1, -0.05) is 24.3 Å². The van der Waals surface area contributed by atoms with Crippen LogP contribution in [0.2, 0.25) is 0 Å². The maximum Gasteiger partial charge on any atom is 0.252 e. The topological polar surface area (TPSA) is 89.6 Å². The number of amides is 2. The Hall–Kier alpha value is -4.72. The third-order valence-corrected chi connectivity index (χ3v) is 7.66. The van der Waals surface area contributed by atoms with Gasteiger partial charge < -0.3 is 20.1 Å². The van der Waals surface area contributed by atoms with Crippen LogP contribution < -0.4 is 20.1 Å². The lowest BCUT2D eigenvalue weighted by atomic mass is 9.88. The first-order valence-electron chi connectivity index (χ1n) is 13.1. The predicted molar refractivity (Wildman–Crippen MR) is 148 cm³/mol. The molecule has 0 bridgehead atoms. The number of halogens is 1. The van der Waals surface area contributed by atoms with Crippen LogP contribution in [0.15, 0.2) is 85.1 Å². The largest absolute Gasteiger partial charge is 0.496 e. The molecular formula is C32H28FN3O4. The standard InChI is InChI=1S/C32H28FN3O4/c1-34-31(38)28-24-17-20(8-13-26(24)40-29(28)19-6-10-22(33)11-7-19)23-18-21(9-12-25(23)39-2)30(37)36-32(14-15-32)27-5-3-4-16-35-27/h3-13,16-18,28-29H,14-15H2,1-2H3,(H,34,38)(H,36,37). The first-order chi connectivity index (χ1) is 19.4. The molecule has 1 aliphatic carbocycles. The van der Waals surface area contributed by atoms with Crippen LogP contribution in [0.1, 0.15) is 52.0 Å². The van der Waals surface area contributed by atoms with Gasteiger partial charge in [-0.05, 0) is 78.6 Å². The van der Waals surface area contributed by atoms with Crippen molar-refractivity contribution >= 4 is 11.8 Å². The highest BCUT2D eigenvalue weighted by atomic mass is 19.1. The molecule has 1 aromatic heterocycles. The normalized spacial score (nSPS) is 18.3. The number of benzene rings is 3. The van der Waals surface area contributed by atoms with Gasteiger partial charge in [-0.15, -0.1) is 0 Å². The summed E-state index contributed by atoms with van der Waals surface area (Å²) in [5.74, 6) is -0.248. The summed E-state index contributed by atoms with van der Waals surface area (Å²) in [6.07, 6.45) is 2.79. The lowest BCUT2D eigenvalue weighted by molar-refractivity contribution is -0.123. The minimum absolute atomic E-state index is 0.198. The van der Waals surface area contributed by atoms with Crippen molar-refractivity contribution in [3.05, 3.63) is 113 Å². The van der Waals surface area contributed by atoms with Gasteiger partial charge in [0, 0.05) is 29.9 Å². The first kappa shape index (κ1) is 25.6. The molecule has 2 unspecified atom stereocenters. The summed E-state index contributed by atoms with van der Waals surface area (Å²) in [6.45, 7) is 0. The number of hydrogen-bond acceptors (Lipinski definition) is 5. The van der Waals surface area contributed by atoms with Gasteiger partial charge in [-0.25, -0.2) is 4.39 Å². The van der Waals surface area contributed by atoms with E-state index in [1.165, 1.54) is 12.1 Å². The molecule has 2 atom stereocenters. The Morgan fingerprint density at radius 3 is 2.50 bits per heavy atom. The summed E-state index contributed by atoms with van der Waals surface area (Å²) in [7, 11) is 3.15. The molecule has 2 N–H and O–H groups in total. The number of aromatic nitrogens is 1. The fraction of sp³-hybridized carbons (Fsp3) is 0.219. The number of pyridine rings is 1. The molecule has 0 spiro atoms. The molecule has 2 heterocycles. The van der Waals surface area contributed by atoms with E-state index in [-0.39, 0.29) is 17.6 Å². The van der Waals surface area contributed by atoms with E-state index in [1.54, 1.807) is 50.7 Å². The summed E-state index contributed by atoms with van der Waals surface area (Å²) in [5, 5.41) is 5.90. The maximum absolute atomic E-state index is 13.6. The van der Waals surface area contributed by atoms with Crippen molar-refractivity contribution in [1.82, 2.24) is 15.6 Å². The van der Waals surface area contributed by atoms with Crippen molar-refractivity contribution in [3.8, 4) is 22.6 Å². The summed E-state index contributed by atoms with van der Waals surface area (Å²) in [5.41, 5.74) is 3.78.